The highest BCUT2D eigenvalue weighted by Crippen LogP contribution is 2.33. The first-order valence-corrected chi connectivity index (χ1v) is 7.52. The standard InChI is InChI=1S/C18H20FNO2/c19-16-3-1-2-15(8-16)18-9-17(22)11-20(18)10-13-4-6-14(12-21)7-5-13/h1-8,17-18,21-22H,9-12H2. The summed E-state index contributed by atoms with van der Waals surface area (Å²) in [5, 5.41) is 19.1. The van der Waals surface area contributed by atoms with Gasteiger partial charge in [-0.25, -0.2) is 4.39 Å². The van der Waals surface area contributed by atoms with Crippen LogP contribution in [0.1, 0.15) is 29.2 Å². The minimum absolute atomic E-state index is 0.0308. The van der Waals surface area contributed by atoms with Gasteiger partial charge in [-0.2, -0.15) is 0 Å². The lowest BCUT2D eigenvalue weighted by Gasteiger charge is -2.24. The third kappa shape index (κ3) is 3.35. The van der Waals surface area contributed by atoms with E-state index in [2.05, 4.69) is 4.90 Å². The first-order chi connectivity index (χ1) is 10.7. The molecule has 3 rings (SSSR count). The lowest BCUT2D eigenvalue weighted by Crippen LogP contribution is -2.24. The Morgan fingerprint density at radius 2 is 1.82 bits per heavy atom. The molecule has 0 radical (unpaired) electrons. The number of likely N-dealkylation sites (tertiary alicyclic amines) is 1. The Bertz CT molecular complexity index is 629. The minimum atomic E-state index is -0.384. The fraction of sp³-hybridized carbons (Fsp3) is 0.333. The second-order valence-electron chi connectivity index (χ2n) is 5.86. The summed E-state index contributed by atoms with van der Waals surface area (Å²) in [6.45, 7) is 1.32. The van der Waals surface area contributed by atoms with Crippen LogP contribution in [0.2, 0.25) is 0 Å². The number of hydrogen-bond donors (Lipinski definition) is 2. The molecular weight excluding hydrogens is 281 g/mol. The van der Waals surface area contributed by atoms with E-state index in [1.54, 1.807) is 12.1 Å². The van der Waals surface area contributed by atoms with Crippen molar-refractivity contribution in [1.29, 1.82) is 0 Å². The minimum Gasteiger partial charge on any atom is -0.392 e. The maximum atomic E-state index is 13.5. The van der Waals surface area contributed by atoms with Crippen molar-refractivity contribution in [2.75, 3.05) is 6.54 Å². The molecule has 0 saturated carbocycles. The first-order valence-electron chi connectivity index (χ1n) is 7.52. The van der Waals surface area contributed by atoms with E-state index in [0.717, 1.165) is 16.7 Å². The van der Waals surface area contributed by atoms with E-state index in [0.29, 0.717) is 19.5 Å². The highest BCUT2D eigenvalue weighted by molar-refractivity contribution is 5.25. The monoisotopic (exact) mass is 301 g/mol. The van der Waals surface area contributed by atoms with Crippen molar-refractivity contribution in [1.82, 2.24) is 4.90 Å². The summed E-state index contributed by atoms with van der Waals surface area (Å²) in [7, 11) is 0. The summed E-state index contributed by atoms with van der Waals surface area (Å²) >= 11 is 0. The maximum absolute atomic E-state index is 13.5. The Balaban J connectivity index is 1.78. The summed E-state index contributed by atoms with van der Waals surface area (Å²) in [5.41, 5.74) is 2.91. The third-order valence-electron chi connectivity index (χ3n) is 4.21. The number of nitrogens with zero attached hydrogens (tertiary/aromatic N) is 1. The number of halogens is 1. The summed E-state index contributed by atoms with van der Waals surface area (Å²) in [6.07, 6.45) is 0.239. The maximum Gasteiger partial charge on any atom is 0.123 e. The van der Waals surface area contributed by atoms with Crippen molar-refractivity contribution in [2.24, 2.45) is 0 Å². The average Bonchev–Trinajstić information content (AvgIpc) is 2.89. The molecule has 3 nitrogen and oxygen atoms in total. The van der Waals surface area contributed by atoms with Crippen LogP contribution in [0.15, 0.2) is 48.5 Å². The average molecular weight is 301 g/mol. The number of aliphatic hydroxyl groups is 2. The molecule has 1 fully saturated rings. The molecule has 0 amide bonds. The van der Waals surface area contributed by atoms with E-state index in [1.165, 1.54) is 6.07 Å². The molecular formula is C18H20FNO2. The summed E-state index contributed by atoms with van der Waals surface area (Å²) in [4.78, 5) is 2.17. The van der Waals surface area contributed by atoms with Gasteiger partial charge in [-0.3, -0.25) is 4.90 Å². The molecule has 0 bridgehead atoms. The molecule has 2 atom stereocenters. The fourth-order valence-electron chi connectivity index (χ4n) is 3.10. The van der Waals surface area contributed by atoms with Crippen LogP contribution in [0.4, 0.5) is 4.39 Å². The van der Waals surface area contributed by atoms with Crippen molar-refractivity contribution in [2.45, 2.75) is 31.7 Å². The normalized spacial score (nSPS) is 22.1. The van der Waals surface area contributed by atoms with E-state index in [4.69, 9.17) is 5.11 Å². The zero-order valence-corrected chi connectivity index (χ0v) is 12.3. The van der Waals surface area contributed by atoms with E-state index in [9.17, 15) is 9.50 Å². The van der Waals surface area contributed by atoms with Gasteiger partial charge in [-0.05, 0) is 35.2 Å². The summed E-state index contributed by atoms with van der Waals surface area (Å²) in [6, 6.07) is 14.4. The van der Waals surface area contributed by atoms with Gasteiger partial charge in [0, 0.05) is 19.1 Å². The molecule has 1 heterocycles. The molecule has 1 aliphatic rings. The largest absolute Gasteiger partial charge is 0.392 e. The predicted molar refractivity (Wildman–Crippen MR) is 82.5 cm³/mol. The Morgan fingerprint density at radius 1 is 1.09 bits per heavy atom. The molecule has 2 N–H and O–H groups in total. The Labute approximate surface area is 129 Å². The molecule has 1 saturated heterocycles. The van der Waals surface area contributed by atoms with Gasteiger partial charge >= 0.3 is 0 Å². The molecule has 0 spiro atoms. The fourth-order valence-corrected chi connectivity index (χ4v) is 3.10. The Morgan fingerprint density at radius 3 is 2.50 bits per heavy atom. The van der Waals surface area contributed by atoms with Gasteiger partial charge in [-0.1, -0.05) is 36.4 Å². The highest BCUT2D eigenvalue weighted by atomic mass is 19.1. The van der Waals surface area contributed by atoms with E-state index in [1.807, 2.05) is 30.3 Å². The van der Waals surface area contributed by atoms with E-state index < -0.39 is 0 Å². The molecule has 0 aliphatic carbocycles. The van der Waals surface area contributed by atoms with Gasteiger partial charge in [0.1, 0.15) is 5.82 Å². The van der Waals surface area contributed by atoms with Crippen molar-refractivity contribution in [3.8, 4) is 0 Å². The zero-order chi connectivity index (χ0) is 15.5. The van der Waals surface area contributed by atoms with Gasteiger partial charge in [0.05, 0.1) is 12.7 Å². The van der Waals surface area contributed by atoms with Crippen molar-refractivity contribution >= 4 is 0 Å². The van der Waals surface area contributed by atoms with Crippen LogP contribution in [0.5, 0.6) is 0 Å². The van der Waals surface area contributed by atoms with Crippen LogP contribution in [0.3, 0.4) is 0 Å². The number of aliphatic hydroxyl groups excluding tert-OH is 2. The first kappa shape index (κ1) is 15.2. The lowest BCUT2D eigenvalue weighted by molar-refractivity contribution is 0.172. The van der Waals surface area contributed by atoms with Crippen molar-refractivity contribution < 1.29 is 14.6 Å². The summed E-state index contributed by atoms with van der Waals surface area (Å²) < 4.78 is 13.5. The SMILES string of the molecule is OCc1ccc(CN2CC(O)CC2c2cccc(F)c2)cc1. The Kier molecular flexibility index (Phi) is 4.52. The number of benzene rings is 2. The van der Waals surface area contributed by atoms with Crippen LogP contribution in [0, 0.1) is 5.82 Å². The zero-order valence-electron chi connectivity index (χ0n) is 12.3. The van der Waals surface area contributed by atoms with Gasteiger partial charge in [-0.15, -0.1) is 0 Å². The van der Waals surface area contributed by atoms with Gasteiger partial charge in [0.15, 0.2) is 0 Å². The van der Waals surface area contributed by atoms with E-state index in [-0.39, 0.29) is 24.6 Å². The van der Waals surface area contributed by atoms with Gasteiger partial charge in [0.2, 0.25) is 0 Å². The van der Waals surface area contributed by atoms with Crippen LogP contribution in [-0.4, -0.2) is 27.8 Å². The second kappa shape index (κ2) is 6.57. The molecule has 22 heavy (non-hydrogen) atoms. The van der Waals surface area contributed by atoms with Crippen LogP contribution in [0.25, 0.3) is 0 Å². The molecule has 2 unspecified atom stereocenters. The van der Waals surface area contributed by atoms with Crippen molar-refractivity contribution in [3.63, 3.8) is 0 Å². The highest BCUT2D eigenvalue weighted by Gasteiger charge is 2.32. The number of β-amino-alcohol motifs (C(OH)–C–C–N with tert-alkyl or cyclic N) is 1. The molecule has 0 aromatic heterocycles. The number of rotatable bonds is 4. The van der Waals surface area contributed by atoms with Gasteiger partial charge in [0.25, 0.3) is 0 Å². The molecule has 116 valence electrons. The topological polar surface area (TPSA) is 43.7 Å². The van der Waals surface area contributed by atoms with Crippen LogP contribution in [-0.2, 0) is 13.2 Å². The number of hydrogen-bond acceptors (Lipinski definition) is 3. The molecule has 1 aliphatic heterocycles. The Hall–Kier alpha value is -1.75. The lowest BCUT2D eigenvalue weighted by atomic mass is 10.0. The van der Waals surface area contributed by atoms with Crippen LogP contribution >= 0.6 is 0 Å². The summed E-state index contributed by atoms with van der Waals surface area (Å²) in [5.74, 6) is -0.244. The third-order valence-corrected chi connectivity index (χ3v) is 4.21. The predicted octanol–water partition coefficient (Wildman–Crippen LogP) is 2.63. The van der Waals surface area contributed by atoms with Crippen LogP contribution < -0.4 is 0 Å². The van der Waals surface area contributed by atoms with Gasteiger partial charge < -0.3 is 10.2 Å². The van der Waals surface area contributed by atoms with Crippen molar-refractivity contribution in [3.05, 3.63) is 71.0 Å². The quantitative estimate of drug-likeness (QED) is 0.912. The smallest absolute Gasteiger partial charge is 0.123 e. The molecule has 2 aromatic carbocycles. The molecule has 2 aromatic rings. The second-order valence-corrected chi connectivity index (χ2v) is 5.86. The van der Waals surface area contributed by atoms with E-state index >= 15 is 0 Å². The molecule has 4 heteroatoms.